The number of hydrogen-bond donors (Lipinski definition) is 2. The van der Waals surface area contributed by atoms with Crippen molar-refractivity contribution in [2.45, 2.75) is 38.6 Å². The van der Waals surface area contributed by atoms with Gasteiger partial charge in [0, 0.05) is 5.69 Å². The van der Waals surface area contributed by atoms with Gasteiger partial charge in [0.25, 0.3) is 5.91 Å². The van der Waals surface area contributed by atoms with Crippen molar-refractivity contribution in [3.63, 3.8) is 0 Å². The van der Waals surface area contributed by atoms with E-state index in [1.54, 1.807) is 11.8 Å². The fourth-order valence-electron chi connectivity index (χ4n) is 2.26. The third-order valence-electron chi connectivity index (χ3n) is 4.05. The number of nitrogens with zero attached hydrogens (tertiary/aromatic N) is 1. The molecule has 24 heavy (non-hydrogen) atoms. The summed E-state index contributed by atoms with van der Waals surface area (Å²) in [5.74, 6) is 1.54. The Kier molecular flexibility index (Phi) is 6.87. The summed E-state index contributed by atoms with van der Waals surface area (Å²) in [7, 11) is 0. The molecule has 130 valence electrons. The van der Waals surface area contributed by atoms with Gasteiger partial charge in [0.15, 0.2) is 5.69 Å². The molecule has 1 amide bonds. The summed E-state index contributed by atoms with van der Waals surface area (Å²) >= 11 is 1.72. The van der Waals surface area contributed by atoms with Crippen LogP contribution in [0.5, 0.6) is 0 Å². The maximum atomic E-state index is 12.3. The van der Waals surface area contributed by atoms with Crippen molar-refractivity contribution in [1.82, 2.24) is 4.98 Å². The largest absolute Gasteiger partial charge is 0.446 e. The number of rotatable bonds is 8. The van der Waals surface area contributed by atoms with E-state index in [-0.39, 0.29) is 17.6 Å². The Bertz CT molecular complexity index is 655. The zero-order valence-corrected chi connectivity index (χ0v) is 15.2. The molecule has 2 rings (SSSR count). The molecule has 6 heteroatoms. The van der Waals surface area contributed by atoms with Crippen molar-refractivity contribution in [3.05, 3.63) is 47.7 Å². The van der Waals surface area contributed by atoms with Crippen LogP contribution in [-0.2, 0) is 0 Å². The molecule has 2 atom stereocenters. The monoisotopic (exact) mass is 347 g/mol. The highest BCUT2D eigenvalue weighted by molar-refractivity contribution is 7.98. The second-order valence-corrected chi connectivity index (χ2v) is 6.83. The van der Waals surface area contributed by atoms with Crippen molar-refractivity contribution in [2.75, 3.05) is 17.3 Å². The van der Waals surface area contributed by atoms with Crippen LogP contribution in [0.3, 0.4) is 0 Å². The molecule has 1 aromatic carbocycles. The molecule has 0 bridgehead atoms. The lowest BCUT2D eigenvalue weighted by Crippen LogP contribution is -2.15. The molecule has 2 aromatic rings. The molecule has 3 N–H and O–H groups in total. The number of amides is 1. The van der Waals surface area contributed by atoms with E-state index in [0.29, 0.717) is 11.8 Å². The van der Waals surface area contributed by atoms with E-state index in [1.807, 2.05) is 30.5 Å². The molecule has 0 spiro atoms. The number of carbonyl (C=O) groups excluding carboxylic acids is 1. The minimum Gasteiger partial charge on any atom is -0.446 e. The molecule has 0 fully saturated rings. The average Bonchev–Trinajstić information content (AvgIpc) is 3.10. The molecule has 2 unspecified atom stereocenters. The molecule has 5 nitrogen and oxygen atoms in total. The lowest BCUT2D eigenvalue weighted by molar-refractivity contribution is 0.102. The topological polar surface area (TPSA) is 81.2 Å². The molecule has 0 aliphatic rings. The minimum absolute atomic E-state index is 0.246. The zero-order chi connectivity index (χ0) is 17.5. The Morgan fingerprint density at radius 2 is 2.08 bits per heavy atom. The predicted molar refractivity (Wildman–Crippen MR) is 99.5 cm³/mol. The highest BCUT2D eigenvalue weighted by Crippen LogP contribution is 2.21. The van der Waals surface area contributed by atoms with Crippen LogP contribution in [0.1, 0.15) is 60.6 Å². The van der Waals surface area contributed by atoms with Crippen LogP contribution in [0.25, 0.3) is 0 Å². The molecule has 1 aromatic heterocycles. The van der Waals surface area contributed by atoms with Gasteiger partial charge in [-0.05, 0) is 48.5 Å². The van der Waals surface area contributed by atoms with Crippen molar-refractivity contribution < 1.29 is 9.21 Å². The van der Waals surface area contributed by atoms with E-state index in [1.165, 1.54) is 11.8 Å². The van der Waals surface area contributed by atoms with Gasteiger partial charge < -0.3 is 15.5 Å². The molecule has 0 aliphatic carbocycles. The number of benzene rings is 1. The summed E-state index contributed by atoms with van der Waals surface area (Å²) < 4.78 is 5.34. The first-order valence-electron chi connectivity index (χ1n) is 8.16. The van der Waals surface area contributed by atoms with Crippen LogP contribution in [0, 0.1) is 0 Å². The van der Waals surface area contributed by atoms with Crippen LogP contribution in [-0.4, -0.2) is 22.9 Å². The van der Waals surface area contributed by atoms with E-state index in [4.69, 9.17) is 10.2 Å². The molecule has 0 saturated heterocycles. The number of nitrogens with one attached hydrogen (secondary N) is 1. The van der Waals surface area contributed by atoms with Crippen LogP contribution < -0.4 is 11.1 Å². The van der Waals surface area contributed by atoms with Gasteiger partial charge >= 0.3 is 0 Å². The molecule has 0 radical (unpaired) electrons. The summed E-state index contributed by atoms with van der Waals surface area (Å²) in [6.07, 6.45) is 5.23. The van der Waals surface area contributed by atoms with Gasteiger partial charge in [-0.3, -0.25) is 4.79 Å². The van der Waals surface area contributed by atoms with Gasteiger partial charge in [-0.1, -0.05) is 26.0 Å². The van der Waals surface area contributed by atoms with E-state index in [0.717, 1.165) is 24.3 Å². The molecular weight excluding hydrogens is 322 g/mol. The fourth-order valence-corrected chi connectivity index (χ4v) is 2.75. The summed E-state index contributed by atoms with van der Waals surface area (Å²) in [4.78, 5) is 16.5. The highest BCUT2D eigenvalue weighted by Gasteiger charge is 2.17. The van der Waals surface area contributed by atoms with Gasteiger partial charge in [-0.15, -0.1) is 0 Å². The molecule has 0 saturated carbocycles. The first-order chi connectivity index (χ1) is 11.5. The lowest BCUT2D eigenvalue weighted by Gasteiger charge is -2.10. The van der Waals surface area contributed by atoms with Crippen LogP contribution in [0.15, 0.2) is 34.9 Å². The van der Waals surface area contributed by atoms with Crippen LogP contribution in [0.2, 0.25) is 0 Å². The van der Waals surface area contributed by atoms with E-state index in [9.17, 15) is 4.79 Å². The number of hydrogen-bond acceptors (Lipinski definition) is 5. The Morgan fingerprint density at radius 1 is 1.38 bits per heavy atom. The Balaban J connectivity index is 1.98. The van der Waals surface area contributed by atoms with Gasteiger partial charge in [-0.25, -0.2) is 4.98 Å². The van der Waals surface area contributed by atoms with Crippen LogP contribution >= 0.6 is 11.8 Å². The summed E-state index contributed by atoms with van der Waals surface area (Å²) in [6, 6.07) is 7.61. The Labute approximate surface area is 147 Å². The molecule has 0 aliphatic heterocycles. The first kappa shape index (κ1) is 18.5. The zero-order valence-electron chi connectivity index (χ0n) is 14.4. The number of oxazole rings is 1. The quantitative estimate of drug-likeness (QED) is 0.748. The Morgan fingerprint density at radius 3 is 2.71 bits per heavy atom. The number of carbonyl (C=O) groups is 1. The Hall–Kier alpha value is -1.79. The standard InChI is InChI=1S/C18H25N3O2S/c1-4-12(2)13-5-7-14(8-6-13)20-17(22)16-11-23-18(21-16)15(19)9-10-24-3/h5-8,11-12,15H,4,9-10,19H2,1-3H3,(H,20,22). The maximum absolute atomic E-state index is 12.3. The lowest BCUT2D eigenvalue weighted by atomic mass is 9.99. The average molecular weight is 347 g/mol. The van der Waals surface area contributed by atoms with Crippen LogP contribution in [0.4, 0.5) is 5.69 Å². The number of anilines is 1. The first-order valence-corrected chi connectivity index (χ1v) is 9.55. The predicted octanol–water partition coefficient (Wildman–Crippen LogP) is 4.19. The van der Waals surface area contributed by atoms with Gasteiger partial charge in [-0.2, -0.15) is 11.8 Å². The smallest absolute Gasteiger partial charge is 0.277 e. The van der Waals surface area contributed by atoms with E-state index in [2.05, 4.69) is 24.1 Å². The van der Waals surface area contributed by atoms with Crippen molar-refractivity contribution >= 4 is 23.4 Å². The number of aromatic nitrogens is 1. The summed E-state index contributed by atoms with van der Waals surface area (Å²) in [6.45, 7) is 4.34. The minimum atomic E-state index is -0.293. The van der Waals surface area contributed by atoms with Gasteiger partial charge in [0.1, 0.15) is 6.26 Å². The van der Waals surface area contributed by atoms with Gasteiger partial charge in [0.2, 0.25) is 5.89 Å². The second-order valence-electron chi connectivity index (χ2n) is 5.84. The normalized spacial score (nSPS) is 13.5. The number of nitrogens with two attached hydrogens (primary N) is 1. The second kappa shape index (κ2) is 8.89. The summed E-state index contributed by atoms with van der Waals surface area (Å²) in [5, 5.41) is 2.83. The van der Waals surface area contributed by atoms with Crippen molar-refractivity contribution in [1.29, 1.82) is 0 Å². The van der Waals surface area contributed by atoms with E-state index >= 15 is 0 Å². The van der Waals surface area contributed by atoms with E-state index < -0.39 is 0 Å². The van der Waals surface area contributed by atoms with Crippen molar-refractivity contribution in [2.24, 2.45) is 5.73 Å². The fraction of sp³-hybridized carbons (Fsp3) is 0.444. The molecule has 1 heterocycles. The third-order valence-corrected chi connectivity index (χ3v) is 4.70. The highest BCUT2D eigenvalue weighted by atomic mass is 32.2. The maximum Gasteiger partial charge on any atom is 0.277 e. The SMILES string of the molecule is CCC(C)c1ccc(NC(=O)c2coc(C(N)CCSC)n2)cc1. The molecular formula is C18H25N3O2S. The van der Waals surface area contributed by atoms with Gasteiger partial charge in [0.05, 0.1) is 6.04 Å². The third kappa shape index (κ3) is 4.85. The summed E-state index contributed by atoms with van der Waals surface area (Å²) in [5.41, 5.74) is 8.25. The van der Waals surface area contributed by atoms with Crippen molar-refractivity contribution in [3.8, 4) is 0 Å². The number of thioether (sulfide) groups is 1.